The number of imidazole rings is 2. The lowest BCUT2D eigenvalue weighted by Crippen LogP contribution is -2.49. The van der Waals surface area contributed by atoms with Gasteiger partial charge in [-0.25, -0.2) is 14.8 Å². The van der Waals surface area contributed by atoms with Crippen molar-refractivity contribution in [3.8, 4) is 44.8 Å². The molecule has 0 spiro atoms. The minimum absolute atomic E-state index is 0.00818. The van der Waals surface area contributed by atoms with Crippen LogP contribution in [-0.4, -0.2) is 110 Å². The zero-order valence-corrected chi connectivity index (χ0v) is 46.4. The van der Waals surface area contributed by atoms with E-state index in [2.05, 4.69) is 112 Å². The van der Waals surface area contributed by atoms with Gasteiger partial charge in [-0.2, -0.15) is 23.5 Å². The Morgan fingerprint density at radius 2 is 1.22 bits per heavy atom. The Bertz CT molecular complexity index is 3080. The van der Waals surface area contributed by atoms with Crippen molar-refractivity contribution in [2.75, 3.05) is 44.2 Å². The number of nitrogens with one attached hydrogen (secondary N) is 4. The van der Waals surface area contributed by atoms with Gasteiger partial charge in [0, 0.05) is 13.1 Å². The lowest BCUT2D eigenvalue weighted by molar-refractivity contribution is -0.136. The quantitative estimate of drug-likeness (QED) is 0.0651. The molecule has 2 saturated heterocycles. The van der Waals surface area contributed by atoms with Gasteiger partial charge < -0.3 is 35.1 Å². The first-order valence-electron chi connectivity index (χ1n) is 27.8. The molecule has 4 fully saturated rings. The summed E-state index contributed by atoms with van der Waals surface area (Å²) in [5, 5.41) is 5.64. The van der Waals surface area contributed by atoms with Gasteiger partial charge >= 0.3 is 6.09 Å². The first kappa shape index (κ1) is 52.7. The molecule has 9 atom stereocenters. The maximum Gasteiger partial charge on any atom is 0.407 e. The SMILES string of the molecule is COC(=O)N[C@@H](CCSC)C(=O)N1CC2CCCC2[C@H]1c1ncc(-c2ccc(-c3cc4ccc3CCc3ccc(c(-c5ccc(-c6cnc([C@@H]7C8CCCC8CN7C(=O)[C@H](CCSC)NC=O)[nH]6)cc5)c3)C[C@H]4C)cc2)[nH]1. The lowest BCUT2D eigenvalue weighted by atomic mass is 9.84. The number of aromatic nitrogens is 4. The Kier molecular flexibility index (Phi) is 16.0. The lowest BCUT2D eigenvalue weighted by Gasteiger charge is -2.30. The second-order valence-electron chi connectivity index (χ2n) is 22.2. The second-order valence-corrected chi connectivity index (χ2v) is 24.2. The van der Waals surface area contributed by atoms with Crippen molar-refractivity contribution in [3.63, 3.8) is 0 Å². The van der Waals surface area contributed by atoms with Crippen LogP contribution in [0.2, 0.25) is 0 Å². The third kappa shape index (κ3) is 10.8. The molecule has 77 heavy (non-hydrogen) atoms. The Hall–Kier alpha value is -6.32. The van der Waals surface area contributed by atoms with E-state index in [1.807, 2.05) is 34.7 Å². The molecule has 15 heteroatoms. The summed E-state index contributed by atoms with van der Waals surface area (Å²) in [4.78, 5) is 73.3. The molecular formula is C62H72N8O5S2. The van der Waals surface area contributed by atoms with E-state index < -0.39 is 18.2 Å². The van der Waals surface area contributed by atoms with Crippen LogP contribution in [0.25, 0.3) is 44.8 Å². The fraction of sp³-hybridized carbons (Fsp3) is 0.452. The molecule has 4 amide bonds. The molecular weight excluding hydrogens is 1000 g/mol. The number of hydrogen-bond acceptors (Lipinski definition) is 9. The smallest absolute Gasteiger partial charge is 0.407 e. The largest absolute Gasteiger partial charge is 0.453 e. The topological polar surface area (TPSA) is 165 Å². The third-order valence-corrected chi connectivity index (χ3v) is 19.1. The van der Waals surface area contributed by atoms with Crippen molar-refractivity contribution in [2.24, 2.45) is 23.7 Å². The van der Waals surface area contributed by atoms with Crippen LogP contribution in [0.1, 0.15) is 110 Å². The van der Waals surface area contributed by atoms with Gasteiger partial charge in [0.25, 0.3) is 0 Å². The van der Waals surface area contributed by atoms with Gasteiger partial charge in [-0.05, 0) is 167 Å². The van der Waals surface area contributed by atoms with Crippen molar-refractivity contribution in [2.45, 2.75) is 108 Å². The summed E-state index contributed by atoms with van der Waals surface area (Å²) in [5.74, 6) is 4.93. The molecule has 2 saturated carbocycles. The first-order chi connectivity index (χ1) is 37.6. The molecule has 14 rings (SSSR count). The standard InChI is InChI=1S/C62H72N8O5S2/c1-37-29-45-14-12-38(30-50(45)40-15-20-42(21-16-40)54-32-63-58(66-54)56-48-9-5-7-46(48)34-69(56)60(72)52(65-36-71)25-27-76-3)11-13-39-19-24-44(37)31-51(39)41-17-22-43(23-18-41)55-33-64-59(67-55)57-49-10-6-8-47(49)35-70(57)61(73)53(26-28-77-4)68-62(74)75-2/h12,14-24,30-33,36-37,46-49,52-53,56-57H,5-11,13,25-29,34-35H2,1-4H3,(H,63,66)(H,64,67)(H,65,71)(H,68,74)/t37-,46?,47?,48?,49?,52+,53+,56+,57+/m1/s1. The van der Waals surface area contributed by atoms with E-state index in [0.29, 0.717) is 56.0 Å². The molecule has 6 aromatic rings. The van der Waals surface area contributed by atoms with Crippen molar-refractivity contribution < 1.29 is 23.9 Å². The molecule has 2 aromatic heterocycles. The summed E-state index contributed by atoms with van der Waals surface area (Å²) in [7, 11) is 1.33. The molecule has 8 aliphatic rings. The number of methoxy groups -OCH3 is 1. The number of fused-ring (bicyclic) bond motifs is 2. The highest BCUT2D eigenvalue weighted by Gasteiger charge is 2.50. The summed E-state index contributed by atoms with van der Waals surface area (Å²) >= 11 is 3.34. The Morgan fingerprint density at radius 1 is 0.688 bits per heavy atom. The number of alkyl carbamates (subject to hydrolysis) is 1. The number of rotatable bonds is 17. The Morgan fingerprint density at radius 3 is 1.78 bits per heavy atom. The zero-order valence-electron chi connectivity index (χ0n) is 44.8. The van der Waals surface area contributed by atoms with Crippen LogP contribution in [0.4, 0.5) is 4.79 Å². The Labute approximate surface area is 461 Å². The van der Waals surface area contributed by atoms with Gasteiger partial charge in [0.15, 0.2) is 0 Å². The molecule has 4 aromatic carbocycles. The third-order valence-electron chi connectivity index (χ3n) is 17.8. The van der Waals surface area contributed by atoms with Gasteiger partial charge in [0.1, 0.15) is 23.7 Å². The van der Waals surface area contributed by atoms with Crippen molar-refractivity contribution in [1.82, 2.24) is 40.4 Å². The molecule has 4 heterocycles. The van der Waals surface area contributed by atoms with Gasteiger partial charge in [-0.15, -0.1) is 0 Å². The summed E-state index contributed by atoms with van der Waals surface area (Å²) < 4.78 is 4.91. The number of thioether (sulfide) groups is 2. The summed E-state index contributed by atoms with van der Waals surface area (Å²) in [5.41, 5.74) is 14.1. The summed E-state index contributed by atoms with van der Waals surface area (Å²) in [6, 6.07) is 30.3. The number of aromatic amines is 2. The average molecular weight is 1070 g/mol. The highest BCUT2D eigenvalue weighted by atomic mass is 32.2. The number of amides is 4. The number of carbonyl (C=O) groups is 4. The number of H-pyrrole nitrogens is 2. The van der Waals surface area contributed by atoms with Gasteiger partial charge in [0.05, 0.1) is 43.0 Å². The van der Waals surface area contributed by atoms with E-state index in [9.17, 15) is 19.2 Å². The maximum atomic E-state index is 14.2. The van der Waals surface area contributed by atoms with E-state index in [-0.39, 0.29) is 29.8 Å². The van der Waals surface area contributed by atoms with Crippen LogP contribution in [-0.2, 0) is 38.4 Å². The fourth-order valence-corrected chi connectivity index (χ4v) is 14.7. The first-order valence-corrected chi connectivity index (χ1v) is 30.6. The minimum Gasteiger partial charge on any atom is -0.453 e. The number of hydrogen-bond donors (Lipinski definition) is 4. The van der Waals surface area contributed by atoms with Crippen LogP contribution in [0.5, 0.6) is 0 Å². The number of nitrogens with zero attached hydrogens (tertiary/aromatic N) is 4. The molecule has 4 bridgehead atoms. The molecule has 2 aliphatic heterocycles. The Balaban J connectivity index is 0.792. The van der Waals surface area contributed by atoms with Gasteiger partial charge in [-0.1, -0.05) is 105 Å². The molecule has 4 N–H and O–H groups in total. The average Bonchev–Trinajstić information content (AvgIpc) is 4.39. The van der Waals surface area contributed by atoms with E-state index in [4.69, 9.17) is 14.7 Å². The normalized spacial score (nSPS) is 23.2. The molecule has 0 radical (unpaired) electrons. The van der Waals surface area contributed by atoms with E-state index in [1.54, 1.807) is 23.5 Å². The number of aryl methyl sites for hydroxylation is 2. The van der Waals surface area contributed by atoms with Crippen LogP contribution in [0.3, 0.4) is 0 Å². The van der Waals surface area contributed by atoms with Gasteiger partial charge in [0.2, 0.25) is 18.2 Å². The highest BCUT2D eigenvalue weighted by molar-refractivity contribution is 7.98. The predicted molar refractivity (Wildman–Crippen MR) is 307 cm³/mol. The molecule has 402 valence electrons. The second kappa shape index (κ2) is 23.3. The van der Waals surface area contributed by atoms with Crippen molar-refractivity contribution >= 4 is 47.8 Å². The van der Waals surface area contributed by atoms with Crippen LogP contribution in [0.15, 0.2) is 97.3 Å². The monoisotopic (exact) mass is 1070 g/mol. The number of carbonyl (C=O) groups excluding carboxylic acids is 4. The minimum atomic E-state index is -0.654. The van der Waals surface area contributed by atoms with E-state index in [0.717, 1.165) is 97.0 Å². The highest BCUT2D eigenvalue weighted by Crippen LogP contribution is 2.51. The van der Waals surface area contributed by atoms with Crippen LogP contribution < -0.4 is 10.6 Å². The number of benzene rings is 4. The maximum absolute atomic E-state index is 14.2. The van der Waals surface area contributed by atoms with Crippen molar-refractivity contribution in [1.29, 1.82) is 0 Å². The predicted octanol–water partition coefficient (Wildman–Crippen LogP) is 11.2. The van der Waals surface area contributed by atoms with Crippen LogP contribution in [0, 0.1) is 23.7 Å². The summed E-state index contributed by atoms with van der Waals surface area (Å²) in [6.07, 6.45) is 18.4. The van der Waals surface area contributed by atoms with E-state index >= 15 is 0 Å². The number of ether oxygens (including phenoxy) is 1. The van der Waals surface area contributed by atoms with E-state index in [1.165, 1.54) is 58.0 Å². The zero-order chi connectivity index (χ0) is 53.2. The van der Waals surface area contributed by atoms with Gasteiger partial charge in [-0.3, -0.25) is 14.4 Å². The summed E-state index contributed by atoms with van der Waals surface area (Å²) in [6.45, 7) is 3.71. The molecule has 13 nitrogen and oxygen atoms in total. The molecule has 4 unspecified atom stereocenters. The molecule has 6 aliphatic carbocycles. The van der Waals surface area contributed by atoms with Crippen LogP contribution >= 0.6 is 23.5 Å². The number of likely N-dealkylation sites (tertiary alicyclic amines) is 2. The fourth-order valence-electron chi connectivity index (χ4n) is 13.7. The van der Waals surface area contributed by atoms with Crippen molar-refractivity contribution in [3.05, 3.63) is 131 Å².